The van der Waals surface area contributed by atoms with E-state index in [2.05, 4.69) is 9.88 Å². The Morgan fingerprint density at radius 1 is 1.14 bits per heavy atom. The van der Waals surface area contributed by atoms with Crippen LogP contribution in [0.5, 0.6) is 0 Å². The van der Waals surface area contributed by atoms with Gasteiger partial charge in [0.05, 0.1) is 16.2 Å². The van der Waals surface area contributed by atoms with Crippen molar-refractivity contribution >= 4 is 39.3 Å². The Bertz CT molecular complexity index is 1240. The molecule has 0 amide bonds. The lowest BCUT2D eigenvalue weighted by molar-refractivity contribution is 0.578. The van der Waals surface area contributed by atoms with Gasteiger partial charge in [0.1, 0.15) is 11.1 Å². The monoisotopic (exact) mass is 407 g/mol. The largest absolute Gasteiger partial charge is 0.436 e. The molecule has 5 rings (SSSR count). The number of aromatic nitrogens is 2. The Kier molecular flexibility index (Phi) is 4.55. The number of halogens is 1. The maximum atomic E-state index is 13.4. The van der Waals surface area contributed by atoms with Crippen molar-refractivity contribution in [3.63, 3.8) is 0 Å². The second kappa shape index (κ2) is 7.23. The van der Waals surface area contributed by atoms with Crippen LogP contribution in [0.15, 0.2) is 51.8 Å². The zero-order valence-corrected chi connectivity index (χ0v) is 17.1. The summed E-state index contributed by atoms with van der Waals surface area (Å²) in [6.07, 6.45) is 5.37. The number of anilines is 1. The van der Waals surface area contributed by atoms with E-state index >= 15 is 0 Å². The zero-order chi connectivity index (χ0) is 20.0. The number of benzene rings is 2. The number of para-hydroxylation sites is 2. The molecule has 0 bridgehead atoms. The average molecular weight is 408 g/mol. The minimum Gasteiger partial charge on any atom is -0.436 e. The molecular weight excluding hydrogens is 386 g/mol. The fourth-order valence-corrected chi connectivity index (χ4v) is 4.46. The second-order valence-electron chi connectivity index (χ2n) is 7.51. The molecule has 1 fully saturated rings. The normalized spacial score (nSPS) is 14.8. The number of nitrogens with zero attached hydrogens (tertiary/aromatic N) is 3. The summed E-state index contributed by atoms with van der Waals surface area (Å²) in [4.78, 5) is 20.3. The highest BCUT2D eigenvalue weighted by Crippen LogP contribution is 2.33. The molecule has 0 spiro atoms. The lowest BCUT2D eigenvalue weighted by Crippen LogP contribution is -2.29. The molecule has 4 aromatic rings. The van der Waals surface area contributed by atoms with E-state index in [4.69, 9.17) is 16.0 Å². The minimum atomic E-state index is -0.0776. The number of piperidine rings is 1. The molecule has 0 aliphatic carbocycles. The summed E-state index contributed by atoms with van der Waals surface area (Å²) in [7, 11) is 0. The van der Waals surface area contributed by atoms with Gasteiger partial charge in [-0.15, -0.1) is 0 Å². The minimum absolute atomic E-state index is 0.0776. The molecule has 29 heavy (non-hydrogen) atoms. The van der Waals surface area contributed by atoms with Crippen LogP contribution in [0.25, 0.3) is 33.5 Å². The maximum Gasteiger partial charge on any atom is 0.232 e. The van der Waals surface area contributed by atoms with Crippen molar-refractivity contribution in [1.29, 1.82) is 0 Å². The van der Waals surface area contributed by atoms with E-state index in [0.29, 0.717) is 34.0 Å². The van der Waals surface area contributed by atoms with Crippen LogP contribution < -0.4 is 10.3 Å². The van der Waals surface area contributed by atoms with E-state index in [-0.39, 0.29) is 5.43 Å². The van der Waals surface area contributed by atoms with Crippen LogP contribution >= 0.6 is 11.6 Å². The van der Waals surface area contributed by atoms with Crippen LogP contribution in [0.3, 0.4) is 0 Å². The van der Waals surface area contributed by atoms with Gasteiger partial charge in [0.25, 0.3) is 0 Å². The van der Waals surface area contributed by atoms with E-state index in [1.54, 1.807) is 0 Å². The van der Waals surface area contributed by atoms with Crippen LogP contribution in [-0.2, 0) is 6.54 Å². The fourth-order valence-electron chi connectivity index (χ4n) is 4.18. The molecule has 6 heteroatoms. The number of aryl methyl sites for hydroxylation is 1. The van der Waals surface area contributed by atoms with Crippen molar-refractivity contribution in [2.75, 3.05) is 18.0 Å². The van der Waals surface area contributed by atoms with E-state index < -0.39 is 0 Å². The molecule has 1 aliphatic heterocycles. The van der Waals surface area contributed by atoms with Gasteiger partial charge >= 0.3 is 0 Å². The smallest absolute Gasteiger partial charge is 0.232 e. The third-order valence-corrected chi connectivity index (χ3v) is 6.01. The molecule has 1 aliphatic rings. The van der Waals surface area contributed by atoms with Crippen LogP contribution in [0.4, 0.5) is 5.69 Å². The summed E-state index contributed by atoms with van der Waals surface area (Å²) in [5.74, 6) is 0.356. The van der Waals surface area contributed by atoms with E-state index in [1.165, 1.54) is 6.42 Å². The SMILES string of the molecule is CCn1cc(-c2nc3ccccc3o2)c(=O)c2cc(N3CCCCC3)c(Cl)cc21. The molecule has 1 saturated heterocycles. The number of hydrogen-bond donors (Lipinski definition) is 0. The number of pyridine rings is 1. The number of rotatable bonds is 3. The molecule has 0 atom stereocenters. The molecule has 2 aromatic carbocycles. The number of oxazole rings is 1. The van der Waals surface area contributed by atoms with Crippen molar-refractivity contribution in [3.8, 4) is 11.5 Å². The molecule has 3 heterocycles. The Morgan fingerprint density at radius 2 is 1.93 bits per heavy atom. The molecule has 148 valence electrons. The molecule has 0 radical (unpaired) electrons. The van der Waals surface area contributed by atoms with Gasteiger partial charge in [0.15, 0.2) is 5.58 Å². The molecule has 2 aromatic heterocycles. The van der Waals surface area contributed by atoms with Crippen LogP contribution in [0, 0.1) is 0 Å². The highest BCUT2D eigenvalue weighted by molar-refractivity contribution is 6.34. The first-order valence-corrected chi connectivity index (χ1v) is 10.5. The van der Waals surface area contributed by atoms with Gasteiger partial charge in [0, 0.05) is 31.2 Å². The lowest BCUT2D eigenvalue weighted by Gasteiger charge is -2.30. The van der Waals surface area contributed by atoms with Gasteiger partial charge < -0.3 is 13.9 Å². The van der Waals surface area contributed by atoms with Gasteiger partial charge in [-0.25, -0.2) is 4.98 Å². The number of fused-ring (bicyclic) bond motifs is 2. The fraction of sp³-hybridized carbons (Fsp3) is 0.304. The third-order valence-electron chi connectivity index (χ3n) is 5.71. The highest BCUT2D eigenvalue weighted by atomic mass is 35.5. The van der Waals surface area contributed by atoms with Crippen molar-refractivity contribution in [2.24, 2.45) is 0 Å². The van der Waals surface area contributed by atoms with Gasteiger partial charge in [-0.2, -0.15) is 0 Å². The highest BCUT2D eigenvalue weighted by Gasteiger charge is 2.20. The Balaban J connectivity index is 1.74. The predicted molar refractivity (Wildman–Crippen MR) is 118 cm³/mol. The van der Waals surface area contributed by atoms with E-state index in [1.807, 2.05) is 54.1 Å². The summed E-state index contributed by atoms with van der Waals surface area (Å²) in [6, 6.07) is 11.4. The quantitative estimate of drug-likeness (QED) is 0.451. The van der Waals surface area contributed by atoms with Gasteiger partial charge in [-0.1, -0.05) is 23.7 Å². The van der Waals surface area contributed by atoms with Gasteiger partial charge in [-0.3, -0.25) is 4.79 Å². The first-order valence-electron chi connectivity index (χ1n) is 10.1. The first-order chi connectivity index (χ1) is 14.2. The van der Waals surface area contributed by atoms with E-state index in [0.717, 1.165) is 42.7 Å². The topological polar surface area (TPSA) is 51.3 Å². The standard InChI is InChI=1S/C23H22ClN3O2/c1-2-26-14-16(23-25-18-8-4-5-9-21(18)29-23)22(28)15-12-20(17(24)13-19(15)26)27-10-6-3-7-11-27/h4-5,8-9,12-14H,2-3,6-7,10-11H2,1H3. The average Bonchev–Trinajstić information content (AvgIpc) is 3.18. The van der Waals surface area contributed by atoms with Gasteiger partial charge in [0.2, 0.25) is 11.3 Å². The maximum absolute atomic E-state index is 13.4. The Hall–Kier alpha value is -2.79. The Labute approximate surface area is 173 Å². The summed E-state index contributed by atoms with van der Waals surface area (Å²) in [6.45, 7) is 4.70. The third kappa shape index (κ3) is 3.10. The van der Waals surface area contributed by atoms with Crippen molar-refractivity contribution in [3.05, 3.63) is 57.8 Å². The van der Waals surface area contributed by atoms with Crippen LogP contribution in [0.2, 0.25) is 5.02 Å². The summed E-state index contributed by atoms with van der Waals surface area (Å²) < 4.78 is 7.93. The van der Waals surface area contributed by atoms with E-state index in [9.17, 15) is 4.79 Å². The van der Waals surface area contributed by atoms with Crippen LogP contribution in [-0.4, -0.2) is 22.6 Å². The molecule has 5 nitrogen and oxygen atoms in total. The molecule has 0 saturated carbocycles. The second-order valence-corrected chi connectivity index (χ2v) is 7.92. The number of hydrogen-bond acceptors (Lipinski definition) is 4. The zero-order valence-electron chi connectivity index (χ0n) is 16.3. The first kappa shape index (κ1) is 18.3. The molecule has 0 N–H and O–H groups in total. The lowest BCUT2D eigenvalue weighted by atomic mass is 10.1. The molecular formula is C23H22ClN3O2. The van der Waals surface area contributed by atoms with Gasteiger partial charge in [-0.05, 0) is 50.5 Å². The summed E-state index contributed by atoms with van der Waals surface area (Å²) in [5.41, 5.74) is 3.59. The van der Waals surface area contributed by atoms with Crippen molar-refractivity contribution in [2.45, 2.75) is 32.7 Å². The van der Waals surface area contributed by atoms with Crippen LogP contribution in [0.1, 0.15) is 26.2 Å². The summed E-state index contributed by atoms with van der Waals surface area (Å²) >= 11 is 6.64. The van der Waals surface area contributed by atoms with Crippen molar-refractivity contribution < 1.29 is 4.42 Å². The summed E-state index contributed by atoms with van der Waals surface area (Å²) in [5, 5.41) is 1.34. The van der Waals surface area contributed by atoms with Crippen molar-refractivity contribution in [1.82, 2.24) is 9.55 Å². The molecule has 0 unspecified atom stereocenters. The Morgan fingerprint density at radius 3 is 2.69 bits per heavy atom. The predicted octanol–water partition coefficient (Wildman–Crippen LogP) is 5.47.